The molecule has 2 rings (SSSR count). The zero-order valence-corrected chi connectivity index (χ0v) is 11.6. The average molecular weight is 256 g/mol. The Morgan fingerprint density at radius 3 is 3.12 bits per heavy atom. The molecule has 0 bridgehead atoms. The molecule has 4 heteroatoms. The summed E-state index contributed by atoms with van der Waals surface area (Å²) in [4.78, 5) is 4.36. The number of thiazole rings is 1. The fourth-order valence-electron chi connectivity index (χ4n) is 2.31. The molecule has 3 atom stereocenters. The summed E-state index contributed by atoms with van der Waals surface area (Å²) in [7, 11) is 0. The molecule has 1 saturated carbocycles. The van der Waals surface area contributed by atoms with Gasteiger partial charge in [0.2, 0.25) is 0 Å². The van der Waals surface area contributed by atoms with E-state index in [4.69, 9.17) is 0 Å². The van der Waals surface area contributed by atoms with E-state index in [1.54, 1.807) is 11.3 Å². The lowest BCUT2D eigenvalue weighted by molar-refractivity contribution is 0.432. The molecule has 90 valence electrons. The van der Waals surface area contributed by atoms with Crippen LogP contribution in [0.25, 0.3) is 0 Å². The van der Waals surface area contributed by atoms with Crippen LogP contribution in [0.15, 0.2) is 15.9 Å². The third kappa shape index (κ3) is 2.99. The van der Waals surface area contributed by atoms with Crippen LogP contribution in [0.2, 0.25) is 0 Å². The van der Waals surface area contributed by atoms with E-state index in [2.05, 4.69) is 29.5 Å². The van der Waals surface area contributed by atoms with Crippen molar-refractivity contribution < 1.29 is 0 Å². The Balaban J connectivity index is 1.84. The lowest BCUT2D eigenvalue weighted by Gasteiger charge is -2.20. The van der Waals surface area contributed by atoms with Gasteiger partial charge in [0.05, 0.1) is 0 Å². The van der Waals surface area contributed by atoms with Gasteiger partial charge in [-0.1, -0.05) is 25.6 Å². The van der Waals surface area contributed by atoms with Crippen molar-refractivity contribution >= 4 is 23.1 Å². The molecular formula is C12H20N2S2. The Labute approximate surface area is 106 Å². The minimum absolute atomic E-state index is 0.720. The zero-order valence-electron chi connectivity index (χ0n) is 9.98. The normalized spacial score (nSPS) is 29.8. The third-order valence-electron chi connectivity index (χ3n) is 3.30. The van der Waals surface area contributed by atoms with Gasteiger partial charge < -0.3 is 5.32 Å². The maximum atomic E-state index is 4.36. The summed E-state index contributed by atoms with van der Waals surface area (Å²) in [5.41, 5.74) is 0. The Bertz CT molecular complexity index is 300. The van der Waals surface area contributed by atoms with E-state index >= 15 is 0 Å². The summed E-state index contributed by atoms with van der Waals surface area (Å²) in [6.07, 6.45) is 5.78. The van der Waals surface area contributed by atoms with Crippen LogP contribution in [0.3, 0.4) is 0 Å². The minimum atomic E-state index is 0.720. The molecule has 3 unspecified atom stereocenters. The summed E-state index contributed by atoms with van der Waals surface area (Å²) in [6.45, 7) is 5.77. The van der Waals surface area contributed by atoms with Crippen LogP contribution in [-0.4, -0.2) is 22.8 Å². The number of hydrogen-bond donors (Lipinski definition) is 1. The van der Waals surface area contributed by atoms with Gasteiger partial charge in [0.1, 0.15) is 4.34 Å². The van der Waals surface area contributed by atoms with E-state index in [9.17, 15) is 0 Å². The van der Waals surface area contributed by atoms with Gasteiger partial charge in [-0.15, -0.1) is 11.3 Å². The first-order valence-electron chi connectivity index (χ1n) is 6.10. The highest BCUT2D eigenvalue weighted by Gasteiger charge is 2.33. The van der Waals surface area contributed by atoms with Crippen LogP contribution >= 0.6 is 23.1 Å². The molecular weight excluding hydrogens is 236 g/mol. The summed E-state index contributed by atoms with van der Waals surface area (Å²) < 4.78 is 1.23. The van der Waals surface area contributed by atoms with Crippen molar-refractivity contribution in [3.05, 3.63) is 11.6 Å². The fourth-order valence-corrected chi connectivity index (χ4v) is 4.47. The van der Waals surface area contributed by atoms with Crippen molar-refractivity contribution in [1.29, 1.82) is 0 Å². The maximum Gasteiger partial charge on any atom is 0.150 e. The van der Waals surface area contributed by atoms with E-state index in [-0.39, 0.29) is 0 Å². The Kier molecular flexibility index (Phi) is 4.67. The van der Waals surface area contributed by atoms with E-state index in [1.807, 2.05) is 18.0 Å². The smallest absolute Gasteiger partial charge is 0.150 e. The molecule has 1 aromatic rings. The van der Waals surface area contributed by atoms with Crippen LogP contribution in [0, 0.1) is 5.92 Å². The molecule has 0 aliphatic heterocycles. The van der Waals surface area contributed by atoms with E-state index < -0.39 is 0 Å². The van der Waals surface area contributed by atoms with Crippen molar-refractivity contribution in [3.8, 4) is 0 Å². The molecule has 1 aliphatic rings. The highest BCUT2D eigenvalue weighted by molar-refractivity contribution is 8.01. The second-order valence-electron chi connectivity index (χ2n) is 4.45. The van der Waals surface area contributed by atoms with E-state index in [0.717, 1.165) is 23.8 Å². The second kappa shape index (κ2) is 6.03. The van der Waals surface area contributed by atoms with Gasteiger partial charge in [0.25, 0.3) is 0 Å². The molecule has 0 aromatic carbocycles. The number of thioether (sulfide) groups is 1. The third-order valence-corrected chi connectivity index (χ3v) is 5.72. The molecule has 1 aliphatic carbocycles. The van der Waals surface area contributed by atoms with Crippen molar-refractivity contribution in [2.24, 2.45) is 5.92 Å². The number of nitrogens with one attached hydrogen (secondary N) is 1. The molecule has 1 aromatic heterocycles. The zero-order chi connectivity index (χ0) is 11.4. The van der Waals surface area contributed by atoms with Crippen molar-refractivity contribution in [2.75, 3.05) is 6.54 Å². The average Bonchev–Trinajstić information content (AvgIpc) is 2.89. The largest absolute Gasteiger partial charge is 0.314 e. The van der Waals surface area contributed by atoms with Crippen LogP contribution in [0.5, 0.6) is 0 Å². The van der Waals surface area contributed by atoms with E-state index in [0.29, 0.717) is 0 Å². The first kappa shape index (κ1) is 12.4. The minimum Gasteiger partial charge on any atom is -0.314 e. The molecule has 1 heterocycles. The van der Waals surface area contributed by atoms with Gasteiger partial charge in [-0.3, -0.25) is 0 Å². The number of nitrogens with zero attached hydrogens (tertiary/aromatic N) is 1. The van der Waals surface area contributed by atoms with Gasteiger partial charge >= 0.3 is 0 Å². The molecule has 0 spiro atoms. The Morgan fingerprint density at radius 1 is 1.56 bits per heavy atom. The van der Waals surface area contributed by atoms with Crippen LogP contribution in [0.4, 0.5) is 0 Å². The van der Waals surface area contributed by atoms with Crippen LogP contribution < -0.4 is 5.32 Å². The lowest BCUT2D eigenvalue weighted by atomic mass is 10.1. The Hall–Kier alpha value is -0.0600. The first-order chi connectivity index (χ1) is 7.81. The van der Waals surface area contributed by atoms with Crippen molar-refractivity contribution in [3.63, 3.8) is 0 Å². The highest BCUT2D eigenvalue weighted by atomic mass is 32.2. The SMILES string of the molecule is CCCNC1CCC(Sc2nccs2)C1C. The highest BCUT2D eigenvalue weighted by Crippen LogP contribution is 2.39. The fraction of sp³-hybridized carbons (Fsp3) is 0.750. The molecule has 0 saturated heterocycles. The predicted octanol–water partition coefficient (Wildman–Crippen LogP) is 3.40. The van der Waals surface area contributed by atoms with Gasteiger partial charge in [-0.05, 0) is 31.7 Å². The van der Waals surface area contributed by atoms with Gasteiger partial charge in [0, 0.05) is 22.9 Å². The van der Waals surface area contributed by atoms with Crippen LogP contribution in [-0.2, 0) is 0 Å². The lowest BCUT2D eigenvalue weighted by Crippen LogP contribution is -2.33. The monoisotopic (exact) mass is 256 g/mol. The van der Waals surface area contributed by atoms with Gasteiger partial charge in [-0.2, -0.15) is 0 Å². The number of aromatic nitrogens is 1. The second-order valence-corrected chi connectivity index (χ2v) is 6.83. The molecule has 0 radical (unpaired) electrons. The summed E-state index contributed by atoms with van der Waals surface area (Å²) in [5.74, 6) is 0.764. The molecule has 1 N–H and O–H groups in total. The van der Waals surface area contributed by atoms with Gasteiger partial charge in [-0.25, -0.2) is 4.98 Å². The predicted molar refractivity (Wildman–Crippen MR) is 72.2 cm³/mol. The first-order valence-corrected chi connectivity index (χ1v) is 7.86. The van der Waals surface area contributed by atoms with Crippen molar-refractivity contribution in [1.82, 2.24) is 10.3 Å². The topological polar surface area (TPSA) is 24.9 Å². The summed E-state index contributed by atoms with van der Waals surface area (Å²) in [5, 5.41) is 6.47. The summed E-state index contributed by atoms with van der Waals surface area (Å²) in [6, 6.07) is 0.720. The molecule has 16 heavy (non-hydrogen) atoms. The van der Waals surface area contributed by atoms with Crippen LogP contribution in [0.1, 0.15) is 33.1 Å². The molecule has 0 amide bonds. The molecule has 1 fully saturated rings. The number of rotatable bonds is 5. The maximum absolute atomic E-state index is 4.36. The quantitative estimate of drug-likeness (QED) is 0.874. The van der Waals surface area contributed by atoms with Crippen molar-refractivity contribution in [2.45, 2.75) is 48.7 Å². The Morgan fingerprint density at radius 2 is 2.44 bits per heavy atom. The van der Waals surface area contributed by atoms with Gasteiger partial charge in [0.15, 0.2) is 0 Å². The number of hydrogen-bond acceptors (Lipinski definition) is 4. The summed E-state index contributed by atoms with van der Waals surface area (Å²) >= 11 is 3.73. The molecule has 2 nitrogen and oxygen atoms in total. The standard InChI is InChI=1S/C12H20N2S2/c1-3-6-13-10-4-5-11(9(10)2)16-12-14-7-8-15-12/h7-11,13H,3-6H2,1-2H3. The van der Waals surface area contributed by atoms with E-state index in [1.165, 1.54) is 23.6 Å².